The minimum atomic E-state index is -0.963. The number of benzene rings is 1. The Morgan fingerprint density at radius 1 is 1.08 bits per heavy atom. The second-order valence-corrected chi connectivity index (χ2v) is 10.2. The molecule has 1 aromatic carbocycles. The lowest BCUT2D eigenvalue weighted by Gasteiger charge is -2.37. The highest BCUT2D eigenvalue weighted by molar-refractivity contribution is 5.89. The number of aromatic nitrogens is 2. The van der Waals surface area contributed by atoms with Gasteiger partial charge in [-0.05, 0) is 44.0 Å². The fourth-order valence-electron chi connectivity index (χ4n) is 4.22. The Hall–Kier alpha value is -3.52. The van der Waals surface area contributed by atoms with Crippen molar-refractivity contribution in [3.63, 3.8) is 0 Å². The predicted molar refractivity (Wildman–Crippen MR) is 149 cm³/mol. The van der Waals surface area contributed by atoms with Gasteiger partial charge in [0.1, 0.15) is 5.82 Å². The number of hydrogen-bond acceptors (Lipinski definition) is 8. The molecule has 0 radical (unpaired) electrons. The van der Waals surface area contributed by atoms with Crippen LogP contribution in [0.25, 0.3) is 5.69 Å². The first-order valence-electron chi connectivity index (χ1n) is 12.6. The Labute approximate surface area is 232 Å². The molecule has 0 aliphatic carbocycles. The average molecular weight is 562 g/mol. The Morgan fingerprint density at radius 2 is 1.69 bits per heavy atom. The van der Waals surface area contributed by atoms with Crippen LogP contribution in [0.4, 0.5) is 10.6 Å². The molecule has 39 heavy (non-hydrogen) atoms. The molecule has 1 aromatic heterocycles. The number of halogens is 1. The lowest BCUT2D eigenvalue weighted by molar-refractivity contribution is -0.137. The summed E-state index contributed by atoms with van der Waals surface area (Å²) in [5.41, 5.74) is 11.9. The van der Waals surface area contributed by atoms with Gasteiger partial charge >= 0.3 is 11.7 Å². The second kappa shape index (κ2) is 12.6. The fourth-order valence-corrected chi connectivity index (χ4v) is 4.22. The number of nitrogens with two attached hydrogens (primary N) is 2. The molecule has 0 saturated carbocycles. The Kier molecular flexibility index (Phi) is 9.67. The molecule has 3 heterocycles. The minimum absolute atomic E-state index is 0. The van der Waals surface area contributed by atoms with Gasteiger partial charge in [-0.15, -0.1) is 12.4 Å². The number of nitrogens with one attached hydrogen (secondary N) is 3. The summed E-state index contributed by atoms with van der Waals surface area (Å²) in [5, 5.41) is 8.64. The van der Waals surface area contributed by atoms with E-state index in [4.69, 9.17) is 11.5 Å². The molecule has 14 heteroatoms. The quantitative estimate of drug-likeness (QED) is 0.286. The average Bonchev–Trinajstić information content (AvgIpc) is 2.86. The maximum absolute atomic E-state index is 12.7. The van der Waals surface area contributed by atoms with Crippen molar-refractivity contribution in [2.24, 2.45) is 11.5 Å². The molecule has 2 aliphatic rings. The molecule has 13 nitrogen and oxygen atoms in total. The normalized spacial score (nSPS) is 16.5. The van der Waals surface area contributed by atoms with Crippen LogP contribution < -0.4 is 33.1 Å². The number of rotatable bonds is 7. The van der Waals surface area contributed by atoms with E-state index in [9.17, 15) is 19.2 Å². The highest BCUT2D eigenvalue weighted by Crippen LogP contribution is 2.12. The van der Waals surface area contributed by atoms with Crippen molar-refractivity contribution in [3.05, 3.63) is 52.6 Å². The Morgan fingerprint density at radius 3 is 2.23 bits per heavy atom. The van der Waals surface area contributed by atoms with Gasteiger partial charge in [0.25, 0.3) is 0 Å². The summed E-state index contributed by atoms with van der Waals surface area (Å²) < 4.78 is 1.36. The van der Waals surface area contributed by atoms with Crippen molar-refractivity contribution < 1.29 is 14.4 Å². The zero-order chi connectivity index (χ0) is 27.4. The van der Waals surface area contributed by atoms with E-state index < -0.39 is 23.3 Å². The van der Waals surface area contributed by atoms with Crippen molar-refractivity contribution in [2.45, 2.75) is 37.9 Å². The third-order valence-electron chi connectivity index (χ3n) is 6.58. The van der Waals surface area contributed by atoms with Gasteiger partial charge in [-0.2, -0.15) is 4.98 Å². The van der Waals surface area contributed by atoms with Crippen molar-refractivity contribution >= 4 is 36.1 Å². The molecule has 1 unspecified atom stereocenters. The van der Waals surface area contributed by atoms with E-state index in [-0.39, 0.29) is 36.1 Å². The highest BCUT2D eigenvalue weighted by Gasteiger charge is 2.31. The van der Waals surface area contributed by atoms with Crippen molar-refractivity contribution in [2.75, 3.05) is 44.6 Å². The van der Waals surface area contributed by atoms with Crippen LogP contribution in [0.1, 0.15) is 19.4 Å². The van der Waals surface area contributed by atoms with Gasteiger partial charge in [0.15, 0.2) is 0 Å². The topological polar surface area (TPSA) is 181 Å². The van der Waals surface area contributed by atoms with Crippen molar-refractivity contribution in [1.82, 2.24) is 30.0 Å². The molecule has 4 amide bonds. The SMILES string of the molecule is CC(C)(N)C(=O)N1CCN(C(=O)Nc2ccn(-c3ccc(CC(N)C(=O)NC4CNC4)cc3)c(=O)n2)CC1.Cl. The van der Waals surface area contributed by atoms with Crippen molar-refractivity contribution in [1.29, 1.82) is 0 Å². The van der Waals surface area contributed by atoms with Gasteiger partial charge in [-0.1, -0.05) is 12.1 Å². The Bertz CT molecular complexity index is 1230. The third-order valence-corrected chi connectivity index (χ3v) is 6.58. The van der Waals surface area contributed by atoms with Crippen LogP contribution >= 0.6 is 12.4 Å². The standard InChI is InChI=1S/C25H35N9O4.ClH/c1-25(2,27)22(36)32-9-11-33(12-10-32)23(37)30-20-7-8-34(24(38)31-20)18-5-3-16(4-6-18)13-19(26)21(35)29-17-14-28-15-17;/h3-8,17,19,28H,9-15,26-27H2,1-2H3,(H,29,35)(H,30,31,37,38);1H. The van der Waals surface area contributed by atoms with Gasteiger partial charge in [-0.25, -0.2) is 9.59 Å². The van der Waals surface area contributed by atoms with E-state index in [1.807, 2.05) is 12.1 Å². The zero-order valence-corrected chi connectivity index (χ0v) is 22.9. The molecular formula is C25H36ClN9O4. The van der Waals surface area contributed by atoms with Gasteiger partial charge in [0.05, 0.1) is 23.3 Å². The molecule has 0 spiro atoms. The van der Waals surface area contributed by atoms with E-state index in [0.29, 0.717) is 38.3 Å². The van der Waals surface area contributed by atoms with Gasteiger partial charge in [-0.3, -0.25) is 19.5 Å². The number of nitrogens with zero attached hydrogens (tertiary/aromatic N) is 4. The van der Waals surface area contributed by atoms with Crippen LogP contribution in [0.5, 0.6) is 0 Å². The number of urea groups is 1. The van der Waals surface area contributed by atoms with E-state index >= 15 is 0 Å². The smallest absolute Gasteiger partial charge is 0.349 e. The molecule has 2 saturated heterocycles. The highest BCUT2D eigenvalue weighted by atomic mass is 35.5. The first kappa shape index (κ1) is 30.0. The molecule has 1 atom stereocenters. The molecule has 212 valence electrons. The van der Waals surface area contributed by atoms with Gasteiger partial charge < -0.3 is 31.9 Å². The zero-order valence-electron chi connectivity index (χ0n) is 22.1. The lowest BCUT2D eigenvalue weighted by Crippen LogP contribution is -2.59. The Balaban J connectivity index is 0.00000420. The summed E-state index contributed by atoms with van der Waals surface area (Å²) in [4.78, 5) is 57.0. The van der Waals surface area contributed by atoms with E-state index in [1.54, 1.807) is 41.8 Å². The summed E-state index contributed by atoms with van der Waals surface area (Å²) in [5.74, 6) is -0.215. The maximum atomic E-state index is 12.7. The predicted octanol–water partition coefficient (Wildman–Crippen LogP) is -0.974. The maximum Gasteiger partial charge on any atom is 0.354 e. The lowest BCUT2D eigenvalue weighted by atomic mass is 10.0. The number of carbonyl (C=O) groups excluding carboxylic acids is 3. The molecular weight excluding hydrogens is 526 g/mol. The summed E-state index contributed by atoms with van der Waals surface area (Å²) in [6.07, 6.45) is 1.91. The van der Waals surface area contributed by atoms with Gasteiger partial charge in [0, 0.05) is 45.5 Å². The summed E-state index contributed by atoms with van der Waals surface area (Å²) in [6.45, 7) is 6.28. The molecule has 2 fully saturated rings. The number of amides is 4. The number of carbonyl (C=O) groups is 3. The van der Waals surface area contributed by atoms with Crippen molar-refractivity contribution in [3.8, 4) is 5.69 Å². The number of hydrogen-bond donors (Lipinski definition) is 5. The first-order chi connectivity index (χ1) is 18.0. The number of anilines is 1. The summed E-state index contributed by atoms with van der Waals surface area (Å²) >= 11 is 0. The van der Waals surface area contributed by atoms with Gasteiger partial charge in [0.2, 0.25) is 11.8 Å². The van der Waals surface area contributed by atoms with Crippen LogP contribution in [0.15, 0.2) is 41.3 Å². The fraction of sp³-hybridized carbons (Fsp3) is 0.480. The van der Waals surface area contributed by atoms with E-state index in [1.165, 1.54) is 10.8 Å². The van der Waals surface area contributed by atoms with Crippen LogP contribution in [0.2, 0.25) is 0 Å². The van der Waals surface area contributed by atoms with Crippen LogP contribution in [-0.2, 0) is 16.0 Å². The van der Waals surface area contributed by atoms with Crippen LogP contribution in [0.3, 0.4) is 0 Å². The first-order valence-corrected chi connectivity index (χ1v) is 12.6. The summed E-state index contributed by atoms with van der Waals surface area (Å²) in [6, 6.07) is 7.74. The summed E-state index contributed by atoms with van der Waals surface area (Å²) in [7, 11) is 0. The third kappa shape index (κ3) is 7.53. The second-order valence-electron chi connectivity index (χ2n) is 10.2. The van der Waals surface area contributed by atoms with E-state index in [0.717, 1.165) is 18.7 Å². The van der Waals surface area contributed by atoms with E-state index in [2.05, 4.69) is 20.9 Å². The molecule has 0 bridgehead atoms. The molecule has 2 aromatic rings. The van der Waals surface area contributed by atoms with Crippen LogP contribution in [-0.4, -0.2) is 94.1 Å². The number of piperazine rings is 1. The molecule has 4 rings (SSSR count). The minimum Gasteiger partial charge on any atom is -0.349 e. The largest absolute Gasteiger partial charge is 0.354 e. The van der Waals surface area contributed by atoms with Crippen LogP contribution in [0, 0.1) is 0 Å². The monoisotopic (exact) mass is 561 g/mol. The molecule has 2 aliphatic heterocycles. The molecule has 7 N–H and O–H groups in total.